The maximum absolute atomic E-state index is 12.2. The van der Waals surface area contributed by atoms with Crippen molar-refractivity contribution in [1.82, 2.24) is 0 Å². The number of aryl methyl sites for hydroxylation is 2. The zero-order valence-electron chi connectivity index (χ0n) is 11.3. The van der Waals surface area contributed by atoms with Gasteiger partial charge in [-0.15, -0.1) is 0 Å². The van der Waals surface area contributed by atoms with Crippen molar-refractivity contribution in [3.63, 3.8) is 0 Å². The van der Waals surface area contributed by atoms with Crippen LogP contribution in [-0.2, 0) is 4.79 Å². The summed E-state index contributed by atoms with van der Waals surface area (Å²) in [6.45, 7) is 8.87. The number of nitrogens with one attached hydrogen (secondary N) is 1. The number of rotatable bonds is 3. The van der Waals surface area contributed by atoms with Gasteiger partial charge in [-0.3, -0.25) is 9.59 Å². The molecule has 0 aromatic heterocycles. The first-order valence-corrected chi connectivity index (χ1v) is 6.54. The van der Waals surface area contributed by atoms with Crippen LogP contribution in [0, 0.1) is 13.8 Å². The van der Waals surface area contributed by atoms with E-state index < -0.39 is 4.32 Å². The van der Waals surface area contributed by atoms with Gasteiger partial charge in [0, 0.05) is 18.2 Å². The van der Waals surface area contributed by atoms with E-state index in [-0.39, 0.29) is 11.7 Å². The summed E-state index contributed by atoms with van der Waals surface area (Å²) in [6.07, 6.45) is 0. The van der Waals surface area contributed by atoms with Gasteiger partial charge in [-0.05, 0) is 51.0 Å². The smallest absolute Gasteiger partial charge is 0.221 e. The minimum Gasteiger partial charge on any atom is -0.326 e. The van der Waals surface area contributed by atoms with Gasteiger partial charge in [0.15, 0.2) is 5.78 Å². The van der Waals surface area contributed by atoms with Gasteiger partial charge < -0.3 is 5.32 Å². The normalized spacial score (nSPS) is 11.2. The Labute approximate surface area is 116 Å². The third-order valence-corrected chi connectivity index (χ3v) is 3.03. The molecule has 3 nitrogen and oxygen atoms in total. The first-order chi connectivity index (χ1) is 8.12. The van der Waals surface area contributed by atoms with E-state index in [2.05, 4.69) is 21.2 Å². The zero-order valence-corrected chi connectivity index (χ0v) is 12.9. The van der Waals surface area contributed by atoms with Crippen LogP contribution in [0.1, 0.15) is 42.3 Å². The van der Waals surface area contributed by atoms with Crippen LogP contribution in [0.3, 0.4) is 0 Å². The lowest BCUT2D eigenvalue weighted by atomic mass is 9.94. The monoisotopic (exact) mass is 311 g/mol. The van der Waals surface area contributed by atoms with Crippen LogP contribution in [0.4, 0.5) is 5.69 Å². The van der Waals surface area contributed by atoms with Crippen LogP contribution < -0.4 is 5.32 Å². The van der Waals surface area contributed by atoms with Gasteiger partial charge in [0.1, 0.15) is 0 Å². The molecule has 0 unspecified atom stereocenters. The zero-order chi connectivity index (χ0) is 14.1. The van der Waals surface area contributed by atoms with Gasteiger partial charge >= 0.3 is 0 Å². The number of alkyl halides is 1. The Morgan fingerprint density at radius 1 is 1.17 bits per heavy atom. The number of Topliss-reactive ketones (excluding diaryl/α,β-unsaturated/α-hetero) is 1. The molecule has 0 radical (unpaired) electrons. The number of carbonyl (C=O) groups excluding carboxylic acids is 2. The van der Waals surface area contributed by atoms with E-state index in [1.54, 1.807) is 0 Å². The number of hydrogen-bond acceptors (Lipinski definition) is 2. The van der Waals surface area contributed by atoms with Crippen molar-refractivity contribution in [2.24, 2.45) is 0 Å². The van der Waals surface area contributed by atoms with Gasteiger partial charge in [0.05, 0.1) is 4.32 Å². The highest BCUT2D eigenvalue weighted by Gasteiger charge is 2.26. The summed E-state index contributed by atoms with van der Waals surface area (Å²) in [6, 6.07) is 3.66. The van der Waals surface area contributed by atoms with Gasteiger partial charge in [0.2, 0.25) is 5.91 Å². The molecule has 0 bridgehead atoms. The Morgan fingerprint density at radius 2 is 1.72 bits per heavy atom. The highest BCUT2D eigenvalue weighted by molar-refractivity contribution is 9.10. The summed E-state index contributed by atoms with van der Waals surface area (Å²) < 4.78 is -0.584. The lowest BCUT2D eigenvalue weighted by Crippen LogP contribution is -2.25. The lowest BCUT2D eigenvalue weighted by molar-refractivity contribution is -0.114. The second-order valence-electron chi connectivity index (χ2n) is 4.96. The molecule has 0 saturated carbocycles. The molecule has 0 heterocycles. The molecule has 0 fully saturated rings. The summed E-state index contributed by atoms with van der Waals surface area (Å²) >= 11 is 3.38. The van der Waals surface area contributed by atoms with Crippen LogP contribution in [0.2, 0.25) is 0 Å². The second kappa shape index (κ2) is 5.22. The van der Waals surface area contributed by atoms with Crippen molar-refractivity contribution in [3.05, 3.63) is 28.8 Å². The molecule has 98 valence electrons. The molecule has 1 rings (SSSR count). The van der Waals surface area contributed by atoms with E-state index in [1.807, 2.05) is 39.8 Å². The third kappa shape index (κ3) is 3.42. The van der Waals surface area contributed by atoms with E-state index >= 15 is 0 Å². The SMILES string of the molecule is CC(=O)Nc1cc(C)c(C(=O)C(C)(C)Br)cc1C. The third-order valence-electron chi connectivity index (χ3n) is 2.67. The molecule has 0 aliphatic heterocycles. The minimum atomic E-state index is -0.584. The molecule has 1 aromatic rings. The van der Waals surface area contributed by atoms with E-state index in [0.29, 0.717) is 5.56 Å². The van der Waals surface area contributed by atoms with Crippen molar-refractivity contribution in [2.75, 3.05) is 5.32 Å². The van der Waals surface area contributed by atoms with Gasteiger partial charge in [-0.25, -0.2) is 0 Å². The summed E-state index contributed by atoms with van der Waals surface area (Å²) in [5, 5.41) is 2.76. The van der Waals surface area contributed by atoms with Crippen LogP contribution in [0.15, 0.2) is 12.1 Å². The number of amides is 1. The summed E-state index contributed by atoms with van der Waals surface area (Å²) in [5.74, 6) is -0.0742. The van der Waals surface area contributed by atoms with E-state index in [9.17, 15) is 9.59 Å². The van der Waals surface area contributed by atoms with Crippen LogP contribution in [0.5, 0.6) is 0 Å². The molecule has 0 aliphatic carbocycles. The second-order valence-corrected chi connectivity index (χ2v) is 6.95. The first kappa shape index (κ1) is 14.9. The number of halogens is 1. The van der Waals surface area contributed by atoms with Gasteiger partial charge in [0.25, 0.3) is 0 Å². The molecule has 0 saturated heterocycles. The molecule has 1 N–H and O–H groups in total. The van der Waals surface area contributed by atoms with Crippen molar-refractivity contribution in [1.29, 1.82) is 0 Å². The lowest BCUT2D eigenvalue weighted by Gasteiger charge is -2.18. The molecule has 0 spiro atoms. The van der Waals surface area contributed by atoms with Gasteiger partial charge in [-0.2, -0.15) is 0 Å². The number of ketones is 1. The topological polar surface area (TPSA) is 46.2 Å². The highest BCUT2D eigenvalue weighted by Crippen LogP contribution is 2.27. The van der Waals surface area contributed by atoms with Crippen molar-refractivity contribution >= 4 is 33.3 Å². The molecular formula is C14H18BrNO2. The predicted molar refractivity (Wildman–Crippen MR) is 77.6 cm³/mol. The number of anilines is 1. The summed E-state index contributed by atoms with van der Waals surface area (Å²) in [4.78, 5) is 23.3. The van der Waals surface area contributed by atoms with Crippen molar-refractivity contribution in [3.8, 4) is 0 Å². The molecule has 0 atom stereocenters. The average Bonchev–Trinajstić information content (AvgIpc) is 2.20. The molecule has 18 heavy (non-hydrogen) atoms. The average molecular weight is 312 g/mol. The van der Waals surface area contributed by atoms with Crippen LogP contribution in [-0.4, -0.2) is 16.0 Å². The highest BCUT2D eigenvalue weighted by atomic mass is 79.9. The Morgan fingerprint density at radius 3 is 2.17 bits per heavy atom. The fourth-order valence-electron chi connectivity index (χ4n) is 1.71. The number of carbonyl (C=O) groups is 2. The number of hydrogen-bond donors (Lipinski definition) is 1. The Hall–Kier alpha value is -1.16. The van der Waals surface area contributed by atoms with Crippen molar-refractivity contribution in [2.45, 2.75) is 38.9 Å². The summed E-state index contributed by atoms with van der Waals surface area (Å²) in [5.41, 5.74) is 3.19. The first-order valence-electron chi connectivity index (χ1n) is 5.75. The largest absolute Gasteiger partial charge is 0.326 e. The Bertz CT molecular complexity index is 501. The Kier molecular flexibility index (Phi) is 4.32. The quantitative estimate of drug-likeness (QED) is 0.684. The van der Waals surface area contributed by atoms with E-state index in [0.717, 1.165) is 16.8 Å². The maximum atomic E-state index is 12.2. The van der Waals surface area contributed by atoms with Crippen LogP contribution >= 0.6 is 15.9 Å². The van der Waals surface area contributed by atoms with E-state index in [4.69, 9.17) is 0 Å². The molecule has 4 heteroatoms. The standard InChI is InChI=1S/C14H18BrNO2/c1-8-7-12(16-10(3)17)9(2)6-11(8)13(18)14(4,5)15/h6-7H,1-5H3,(H,16,17). The maximum Gasteiger partial charge on any atom is 0.221 e. The predicted octanol–water partition coefficient (Wildman–Crippen LogP) is 3.62. The summed E-state index contributed by atoms with van der Waals surface area (Å²) in [7, 11) is 0. The fourth-order valence-corrected chi connectivity index (χ4v) is 1.92. The number of benzene rings is 1. The molecule has 1 amide bonds. The van der Waals surface area contributed by atoms with E-state index in [1.165, 1.54) is 6.92 Å². The fraction of sp³-hybridized carbons (Fsp3) is 0.429. The van der Waals surface area contributed by atoms with Gasteiger partial charge in [-0.1, -0.05) is 15.9 Å². The minimum absolute atomic E-state index is 0.0393. The Balaban J connectivity index is 3.23. The van der Waals surface area contributed by atoms with Crippen molar-refractivity contribution < 1.29 is 9.59 Å². The molecule has 1 aromatic carbocycles. The van der Waals surface area contributed by atoms with Crippen LogP contribution in [0.25, 0.3) is 0 Å². The molecule has 0 aliphatic rings. The molecular weight excluding hydrogens is 294 g/mol.